The van der Waals surface area contributed by atoms with Crippen molar-refractivity contribution in [2.45, 2.75) is 19.3 Å². The van der Waals surface area contributed by atoms with Crippen molar-refractivity contribution in [2.75, 3.05) is 23.9 Å². The van der Waals surface area contributed by atoms with Gasteiger partial charge in [-0.3, -0.25) is 19.3 Å². The van der Waals surface area contributed by atoms with E-state index in [2.05, 4.69) is 5.32 Å². The molecule has 3 amide bonds. The summed E-state index contributed by atoms with van der Waals surface area (Å²) < 4.78 is 10.3. The molecule has 170 valence electrons. The van der Waals surface area contributed by atoms with Gasteiger partial charge in [-0.25, -0.2) is 4.79 Å². The number of nitrogens with one attached hydrogen (secondary N) is 1. The van der Waals surface area contributed by atoms with Crippen molar-refractivity contribution < 1.29 is 28.7 Å². The standard InChI is InChI=1S/C25H24N2O6/c1-32-19-8-3-2-7-18(19)26-20(28)13-33-25(31)16-5-4-6-17(12-16)27-23(29)21-14-9-10-15(11-14)22(21)24(27)30/h2-8,12,14-15,21-22H,9-11,13H2,1H3,(H,26,28)/t14-,15-,21-,22+/m0/s1. The zero-order valence-electron chi connectivity index (χ0n) is 18.2. The molecule has 2 aliphatic carbocycles. The van der Waals surface area contributed by atoms with Crippen LogP contribution in [-0.4, -0.2) is 37.4 Å². The molecule has 1 heterocycles. The summed E-state index contributed by atoms with van der Waals surface area (Å²) in [5, 5.41) is 2.63. The summed E-state index contributed by atoms with van der Waals surface area (Å²) in [7, 11) is 1.49. The number of hydrogen-bond donors (Lipinski definition) is 1. The second-order valence-electron chi connectivity index (χ2n) is 8.77. The van der Waals surface area contributed by atoms with Crippen LogP contribution in [0.4, 0.5) is 11.4 Å². The molecule has 1 saturated heterocycles. The van der Waals surface area contributed by atoms with Crippen molar-refractivity contribution in [3.63, 3.8) is 0 Å². The van der Waals surface area contributed by atoms with Crippen LogP contribution >= 0.6 is 0 Å². The Morgan fingerprint density at radius 2 is 1.70 bits per heavy atom. The summed E-state index contributed by atoms with van der Waals surface area (Å²) in [6.07, 6.45) is 2.97. The Hall–Kier alpha value is -3.68. The minimum absolute atomic E-state index is 0.165. The summed E-state index contributed by atoms with van der Waals surface area (Å²) in [5.41, 5.74) is 0.999. The number of anilines is 2. The predicted molar refractivity (Wildman–Crippen MR) is 119 cm³/mol. The Bertz CT molecular complexity index is 1120. The van der Waals surface area contributed by atoms with Crippen molar-refractivity contribution in [1.82, 2.24) is 0 Å². The molecule has 3 aliphatic rings. The van der Waals surface area contributed by atoms with E-state index >= 15 is 0 Å². The van der Waals surface area contributed by atoms with Crippen molar-refractivity contribution >= 4 is 35.1 Å². The number of amides is 3. The lowest BCUT2D eigenvalue weighted by Gasteiger charge is -2.19. The highest BCUT2D eigenvalue weighted by atomic mass is 16.5. The number of nitrogens with zero attached hydrogens (tertiary/aromatic N) is 1. The zero-order chi connectivity index (χ0) is 23.1. The summed E-state index contributed by atoms with van der Waals surface area (Å²) in [4.78, 5) is 52.1. The normalized spacial score (nSPS) is 25.2. The minimum Gasteiger partial charge on any atom is -0.495 e. The van der Waals surface area contributed by atoms with Crippen LogP contribution in [0.2, 0.25) is 0 Å². The second kappa shape index (κ2) is 8.35. The first kappa shape index (κ1) is 21.2. The number of hydrogen-bond acceptors (Lipinski definition) is 6. The average molecular weight is 448 g/mol. The second-order valence-corrected chi connectivity index (χ2v) is 8.77. The van der Waals surface area contributed by atoms with E-state index in [0.717, 1.165) is 19.3 Å². The number of imide groups is 1. The summed E-state index contributed by atoms with van der Waals surface area (Å²) >= 11 is 0. The van der Waals surface area contributed by atoms with Crippen LogP contribution in [0.3, 0.4) is 0 Å². The van der Waals surface area contributed by atoms with Crippen LogP contribution in [0.15, 0.2) is 48.5 Å². The highest BCUT2D eigenvalue weighted by Gasteiger charge is 2.61. The van der Waals surface area contributed by atoms with Gasteiger partial charge in [-0.05, 0) is 61.4 Å². The molecule has 5 rings (SSSR count). The van der Waals surface area contributed by atoms with Gasteiger partial charge in [0.15, 0.2) is 6.61 Å². The number of carbonyl (C=O) groups is 4. The highest BCUT2D eigenvalue weighted by molar-refractivity contribution is 6.22. The number of methoxy groups -OCH3 is 1. The summed E-state index contributed by atoms with van der Waals surface area (Å²) in [5.74, 6) is -0.965. The smallest absolute Gasteiger partial charge is 0.338 e. The van der Waals surface area contributed by atoms with Crippen molar-refractivity contribution in [3.05, 3.63) is 54.1 Å². The van der Waals surface area contributed by atoms with Crippen LogP contribution < -0.4 is 15.0 Å². The molecule has 0 unspecified atom stereocenters. The first-order valence-corrected chi connectivity index (χ1v) is 11.1. The van der Waals surface area contributed by atoms with Gasteiger partial charge in [-0.15, -0.1) is 0 Å². The highest BCUT2D eigenvalue weighted by Crippen LogP contribution is 2.56. The van der Waals surface area contributed by atoms with E-state index in [1.165, 1.54) is 24.1 Å². The van der Waals surface area contributed by atoms with Crippen molar-refractivity contribution in [3.8, 4) is 5.75 Å². The van der Waals surface area contributed by atoms with E-state index in [1.807, 2.05) is 0 Å². The Morgan fingerprint density at radius 1 is 1.00 bits per heavy atom. The molecule has 8 heteroatoms. The molecule has 0 radical (unpaired) electrons. The topological polar surface area (TPSA) is 102 Å². The molecule has 3 fully saturated rings. The average Bonchev–Trinajstić information content (AvgIpc) is 3.51. The molecule has 2 aromatic rings. The molecule has 4 atom stereocenters. The molecule has 8 nitrogen and oxygen atoms in total. The molecule has 2 bridgehead atoms. The van der Waals surface area contributed by atoms with Gasteiger partial charge in [0.2, 0.25) is 11.8 Å². The zero-order valence-corrected chi connectivity index (χ0v) is 18.2. The monoisotopic (exact) mass is 448 g/mol. The molecular weight excluding hydrogens is 424 g/mol. The van der Waals surface area contributed by atoms with Gasteiger partial charge < -0.3 is 14.8 Å². The first-order valence-electron chi connectivity index (χ1n) is 11.1. The van der Waals surface area contributed by atoms with Gasteiger partial charge in [0.25, 0.3) is 5.91 Å². The van der Waals surface area contributed by atoms with Gasteiger partial charge in [-0.2, -0.15) is 0 Å². The van der Waals surface area contributed by atoms with Crippen molar-refractivity contribution in [2.24, 2.45) is 23.7 Å². The molecule has 2 aromatic carbocycles. The van der Waals surface area contributed by atoms with Crippen LogP contribution in [0, 0.1) is 23.7 Å². The first-order chi connectivity index (χ1) is 16.0. The Balaban J connectivity index is 1.25. The summed E-state index contributed by atoms with van der Waals surface area (Å²) in [6.45, 7) is -0.490. The molecule has 0 spiro atoms. The number of esters is 1. The number of fused-ring (bicyclic) bond motifs is 5. The van der Waals surface area contributed by atoms with E-state index in [1.54, 1.807) is 36.4 Å². The Kier molecular flexibility index (Phi) is 5.36. The number of ether oxygens (including phenoxy) is 2. The van der Waals surface area contributed by atoms with E-state index in [4.69, 9.17) is 9.47 Å². The largest absolute Gasteiger partial charge is 0.495 e. The lowest BCUT2D eigenvalue weighted by atomic mass is 9.81. The third kappa shape index (κ3) is 3.65. The van der Waals surface area contributed by atoms with Crippen LogP contribution in [-0.2, 0) is 19.1 Å². The molecular formula is C25H24N2O6. The van der Waals surface area contributed by atoms with Crippen molar-refractivity contribution in [1.29, 1.82) is 0 Å². The van der Waals surface area contributed by atoms with Gasteiger partial charge in [0.1, 0.15) is 5.75 Å². The van der Waals surface area contributed by atoms with Gasteiger partial charge in [0.05, 0.1) is 35.9 Å². The summed E-state index contributed by atoms with van der Waals surface area (Å²) in [6, 6.07) is 13.1. The maximum Gasteiger partial charge on any atom is 0.338 e. The maximum atomic E-state index is 13.0. The predicted octanol–water partition coefficient (Wildman–Crippen LogP) is 3.03. The number of benzene rings is 2. The van der Waals surface area contributed by atoms with E-state index in [9.17, 15) is 19.2 Å². The maximum absolute atomic E-state index is 13.0. The van der Waals surface area contributed by atoms with Gasteiger partial charge >= 0.3 is 5.97 Å². The minimum atomic E-state index is -0.716. The van der Waals surface area contributed by atoms with Crippen LogP contribution in [0.5, 0.6) is 5.75 Å². The quantitative estimate of drug-likeness (QED) is 0.538. The van der Waals surface area contributed by atoms with E-state index in [-0.39, 0.29) is 41.0 Å². The Morgan fingerprint density at radius 3 is 2.39 bits per heavy atom. The lowest BCUT2D eigenvalue weighted by Crippen LogP contribution is -2.32. The third-order valence-corrected chi connectivity index (χ3v) is 6.98. The Labute approximate surface area is 190 Å². The molecule has 1 N–H and O–H groups in total. The fourth-order valence-corrected chi connectivity index (χ4v) is 5.58. The van der Waals surface area contributed by atoms with Gasteiger partial charge in [-0.1, -0.05) is 18.2 Å². The van der Waals surface area contributed by atoms with Crippen LogP contribution in [0.25, 0.3) is 0 Å². The third-order valence-electron chi connectivity index (χ3n) is 6.98. The fourth-order valence-electron chi connectivity index (χ4n) is 5.58. The SMILES string of the molecule is COc1ccccc1NC(=O)COC(=O)c1cccc(N2C(=O)[C@@H]3[C@H]4CC[C@@H](C4)[C@@H]3C2=O)c1. The molecule has 0 aromatic heterocycles. The van der Waals surface area contributed by atoms with Gasteiger partial charge in [0, 0.05) is 0 Å². The fraction of sp³-hybridized carbons (Fsp3) is 0.360. The molecule has 33 heavy (non-hydrogen) atoms. The van der Waals surface area contributed by atoms with E-state index in [0.29, 0.717) is 17.1 Å². The molecule has 2 saturated carbocycles. The lowest BCUT2D eigenvalue weighted by molar-refractivity contribution is -0.123. The number of carbonyl (C=O) groups excluding carboxylic acids is 4. The van der Waals surface area contributed by atoms with E-state index < -0.39 is 18.5 Å². The number of rotatable bonds is 6. The van der Waals surface area contributed by atoms with Crippen LogP contribution in [0.1, 0.15) is 29.6 Å². The molecule has 1 aliphatic heterocycles. The number of para-hydroxylation sites is 2.